The van der Waals surface area contributed by atoms with Gasteiger partial charge in [0.1, 0.15) is 0 Å². The molecule has 0 radical (unpaired) electrons. The molecule has 0 aromatic carbocycles. The zero-order chi connectivity index (χ0) is 14.7. The molecule has 0 aliphatic carbocycles. The van der Waals surface area contributed by atoms with E-state index in [4.69, 9.17) is 5.11 Å². The fourth-order valence-corrected chi connectivity index (χ4v) is 2.34. The predicted molar refractivity (Wildman–Crippen MR) is 70.8 cm³/mol. The number of imidazole rings is 1. The average molecular weight is 283 g/mol. The molecule has 110 valence electrons. The largest absolute Gasteiger partial charge is 0.481 e. The highest BCUT2D eigenvalue weighted by molar-refractivity contribution is 5.66. The molecule has 0 amide bonds. The van der Waals surface area contributed by atoms with Crippen molar-refractivity contribution in [1.29, 1.82) is 0 Å². The van der Waals surface area contributed by atoms with Crippen molar-refractivity contribution in [3.8, 4) is 0 Å². The molecule has 9 heteroatoms. The van der Waals surface area contributed by atoms with E-state index in [9.17, 15) is 14.9 Å². The number of anilines is 1. The summed E-state index contributed by atoms with van der Waals surface area (Å²) in [6.07, 6.45) is 1.55. The molecule has 1 aromatic rings. The molecular weight excluding hydrogens is 266 g/mol. The number of nitro groups is 1. The first-order valence-corrected chi connectivity index (χ1v) is 6.34. The number of piperazine rings is 1. The van der Waals surface area contributed by atoms with Crippen molar-refractivity contribution in [2.45, 2.75) is 6.42 Å². The maximum Gasteiger partial charge on any atom is 0.406 e. The van der Waals surface area contributed by atoms with Crippen LogP contribution >= 0.6 is 0 Å². The molecule has 20 heavy (non-hydrogen) atoms. The normalized spacial score (nSPS) is 16.4. The van der Waals surface area contributed by atoms with Crippen LogP contribution in [-0.2, 0) is 11.8 Å². The lowest BCUT2D eigenvalue weighted by atomic mass is 10.3. The van der Waals surface area contributed by atoms with E-state index < -0.39 is 10.9 Å². The number of rotatable bonds is 5. The van der Waals surface area contributed by atoms with E-state index in [1.807, 2.05) is 9.80 Å². The third-order valence-electron chi connectivity index (χ3n) is 3.37. The van der Waals surface area contributed by atoms with Gasteiger partial charge >= 0.3 is 11.8 Å². The van der Waals surface area contributed by atoms with Crippen LogP contribution in [0.25, 0.3) is 0 Å². The van der Waals surface area contributed by atoms with Crippen molar-refractivity contribution in [3.05, 3.63) is 16.4 Å². The quantitative estimate of drug-likeness (QED) is 0.595. The van der Waals surface area contributed by atoms with Crippen LogP contribution in [0.1, 0.15) is 6.42 Å². The lowest BCUT2D eigenvalue weighted by molar-refractivity contribution is -0.388. The zero-order valence-electron chi connectivity index (χ0n) is 11.2. The molecule has 9 nitrogen and oxygen atoms in total. The summed E-state index contributed by atoms with van der Waals surface area (Å²) in [5.74, 6) is -0.436. The number of aryl methyl sites for hydroxylation is 1. The summed E-state index contributed by atoms with van der Waals surface area (Å²) >= 11 is 0. The minimum absolute atomic E-state index is 0.117. The van der Waals surface area contributed by atoms with Crippen LogP contribution in [0.2, 0.25) is 0 Å². The highest BCUT2D eigenvalue weighted by Gasteiger charge is 2.28. The SMILES string of the molecule is Cn1cnc([N+](=O)[O-])c1N1CCN(CCC(=O)O)CC1. The van der Waals surface area contributed by atoms with Gasteiger partial charge in [0.15, 0.2) is 0 Å². The zero-order valence-corrected chi connectivity index (χ0v) is 11.2. The van der Waals surface area contributed by atoms with Crippen LogP contribution in [-0.4, -0.2) is 63.2 Å². The van der Waals surface area contributed by atoms with Gasteiger partial charge in [-0.25, -0.2) is 0 Å². The molecule has 0 saturated carbocycles. The first-order valence-electron chi connectivity index (χ1n) is 6.34. The van der Waals surface area contributed by atoms with Crippen molar-refractivity contribution in [1.82, 2.24) is 14.5 Å². The smallest absolute Gasteiger partial charge is 0.406 e. The van der Waals surface area contributed by atoms with Gasteiger partial charge in [0.2, 0.25) is 12.1 Å². The summed E-state index contributed by atoms with van der Waals surface area (Å²) in [5, 5.41) is 19.6. The topological polar surface area (TPSA) is 105 Å². The number of aromatic nitrogens is 2. The molecule has 0 unspecified atom stereocenters. The number of hydrogen-bond acceptors (Lipinski definition) is 6. The number of aliphatic carboxylic acids is 1. The number of nitrogens with zero attached hydrogens (tertiary/aromatic N) is 5. The Kier molecular flexibility index (Phi) is 4.18. The van der Waals surface area contributed by atoms with Gasteiger partial charge in [-0.05, 0) is 9.91 Å². The molecule has 2 heterocycles. The van der Waals surface area contributed by atoms with Crippen molar-refractivity contribution in [3.63, 3.8) is 0 Å². The van der Waals surface area contributed by atoms with E-state index in [-0.39, 0.29) is 12.2 Å². The van der Waals surface area contributed by atoms with E-state index in [2.05, 4.69) is 4.98 Å². The van der Waals surface area contributed by atoms with Gasteiger partial charge in [-0.3, -0.25) is 14.3 Å². The predicted octanol–water partition coefficient (Wildman–Crippen LogP) is -0.0750. The third kappa shape index (κ3) is 3.05. The fraction of sp³-hybridized carbons (Fsp3) is 0.636. The van der Waals surface area contributed by atoms with E-state index in [0.29, 0.717) is 38.5 Å². The first kappa shape index (κ1) is 14.3. The van der Waals surface area contributed by atoms with E-state index in [1.165, 1.54) is 6.33 Å². The minimum Gasteiger partial charge on any atom is -0.481 e. The Bertz CT molecular complexity index is 507. The van der Waals surface area contributed by atoms with Crippen LogP contribution < -0.4 is 4.90 Å². The summed E-state index contributed by atoms with van der Waals surface area (Å²) in [5.41, 5.74) is 0. The monoisotopic (exact) mass is 283 g/mol. The molecule has 1 N–H and O–H groups in total. The van der Waals surface area contributed by atoms with Crippen molar-refractivity contribution < 1.29 is 14.8 Å². The molecule has 2 rings (SSSR count). The molecule has 1 aliphatic heterocycles. The first-order chi connectivity index (χ1) is 9.49. The van der Waals surface area contributed by atoms with E-state index >= 15 is 0 Å². The minimum atomic E-state index is -0.810. The van der Waals surface area contributed by atoms with Crippen molar-refractivity contribution >= 4 is 17.6 Å². The summed E-state index contributed by atoms with van der Waals surface area (Å²) in [7, 11) is 1.73. The Morgan fingerprint density at radius 1 is 1.45 bits per heavy atom. The van der Waals surface area contributed by atoms with Gasteiger partial charge in [-0.1, -0.05) is 0 Å². The Balaban J connectivity index is 1.99. The molecule has 1 fully saturated rings. The highest BCUT2D eigenvalue weighted by atomic mass is 16.6. The van der Waals surface area contributed by atoms with Crippen LogP contribution in [0, 0.1) is 10.1 Å². The van der Waals surface area contributed by atoms with Gasteiger partial charge in [0.25, 0.3) is 0 Å². The van der Waals surface area contributed by atoms with Gasteiger partial charge in [-0.15, -0.1) is 0 Å². The number of carboxylic acid groups (broad SMARTS) is 1. The van der Waals surface area contributed by atoms with Crippen LogP contribution in [0.15, 0.2) is 6.33 Å². The lowest BCUT2D eigenvalue weighted by Crippen LogP contribution is -2.47. The van der Waals surface area contributed by atoms with Crippen molar-refractivity contribution in [2.24, 2.45) is 7.05 Å². The molecule has 1 aliphatic rings. The molecule has 1 aromatic heterocycles. The standard InChI is InChI=1S/C11H17N5O4/c1-13-8-12-10(16(19)20)11(13)15-6-4-14(5-7-15)3-2-9(17)18/h8H,2-7H2,1H3,(H,17,18). The molecule has 0 atom stereocenters. The summed E-state index contributed by atoms with van der Waals surface area (Å²) in [6.45, 7) is 3.14. The van der Waals surface area contributed by atoms with Gasteiger partial charge in [0, 0.05) is 39.8 Å². The Morgan fingerprint density at radius 2 is 2.10 bits per heavy atom. The molecular formula is C11H17N5O4. The van der Waals surface area contributed by atoms with E-state index in [0.717, 1.165) is 0 Å². The summed E-state index contributed by atoms with van der Waals surface area (Å²) < 4.78 is 1.64. The maximum absolute atomic E-state index is 10.9. The van der Waals surface area contributed by atoms with Gasteiger partial charge in [-0.2, -0.15) is 0 Å². The van der Waals surface area contributed by atoms with Crippen LogP contribution in [0.5, 0.6) is 0 Å². The Hall–Kier alpha value is -2.16. The Morgan fingerprint density at radius 3 is 2.65 bits per heavy atom. The number of carbonyl (C=O) groups is 1. The molecule has 0 bridgehead atoms. The van der Waals surface area contributed by atoms with Gasteiger partial charge in [0.05, 0.1) is 6.42 Å². The molecule has 1 saturated heterocycles. The molecule has 0 spiro atoms. The fourth-order valence-electron chi connectivity index (χ4n) is 2.34. The van der Waals surface area contributed by atoms with Crippen LogP contribution in [0.4, 0.5) is 11.6 Å². The number of carboxylic acids is 1. The second kappa shape index (κ2) is 5.87. The van der Waals surface area contributed by atoms with Crippen LogP contribution in [0.3, 0.4) is 0 Å². The lowest BCUT2D eigenvalue weighted by Gasteiger charge is -2.35. The average Bonchev–Trinajstić information content (AvgIpc) is 2.79. The van der Waals surface area contributed by atoms with Crippen molar-refractivity contribution in [2.75, 3.05) is 37.6 Å². The second-order valence-electron chi connectivity index (χ2n) is 4.73. The third-order valence-corrected chi connectivity index (χ3v) is 3.37. The highest BCUT2D eigenvalue weighted by Crippen LogP contribution is 2.26. The summed E-state index contributed by atoms with van der Waals surface area (Å²) in [6, 6.07) is 0. The maximum atomic E-state index is 10.9. The Labute approximate surface area is 115 Å². The second-order valence-corrected chi connectivity index (χ2v) is 4.73. The number of hydrogen-bond donors (Lipinski definition) is 1. The van der Waals surface area contributed by atoms with Gasteiger partial charge < -0.3 is 20.1 Å². The van der Waals surface area contributed by atoms with E-state index in [1.54, 1.807) is 11.6 Å². The summed E-state index contributed by atoms with van der Waals surface area (Å²) in [4.78, 5) is 28.8.